The summed E-state index contributed by atoms with van der Waals surface area (Å²) in [6, 6.07) is 2.78. The predicted octanol–water partition coefficient (Wildman–Crippen LogP) is 3.51. The Morgan fingerprint density at radius 3 is 2.52 bits per heavy atom. The van der Waals surface area contributed by atoms with Gasteiger partial charge in [-0.25, -0.2) is 9.78 Å². The Morgan fingerprint density at radius 2 is 2.00 bits per heavy atom. The molecule has 0 aliphatic rings. The molecule has 122 valence electrons. The number of carbonyl (C=O) groups excluding carboxylic acids is 2. The number of benzene rings is 1. The van der Waals surface area contributed by atoms with Gasteiger partial charge >= 0.3 is 12.1 Å². The van der Waals surface area contributed by atoms with Crippen LogP contribution in [0.4, 0.5) is 18.9 Å². The van der Waals surface area contributed by atoms with E-state index in [9.17, 15) is 22.8 Å². The smallest absolute Gasteiger partial charge is 0.418 e. The predicted molar refractivity (Wildman–Crippen MR) is 77.6 cm³/mol. The Kier molecular flexibility index (Phi) is 4.69. The Hall–Kier alpha value is -2.42. The van der Waals surface area contributed by atoms with E-state index in [1.54, 1.807) is 6.92 Å². The normalized spacial score (nSPS) is 11.2. The van der Waals surface area contributed by atoms with Gasteiger partial charge in [0, 0.05) is 5.38 Å². The lowest BCUT2D eigenvalue weighted by Gasteiger charge is -2.14. The van der Waals surface area contributed by atoms with Gasteiger partial charge in [-0.05, 0) is 25.1 Å². The molecule has 1 aromatic heterocycles. The molecular formula is C14H11F3N2O3S. The van der Waals surface area contributed by atoms with Crippen molar-refractivity contribution in [1.82, 2.24) is 4.98 Å². The van der Waals surface area contributed by atoms with E-state index in [-0.39, 0.29) is 11.3 Å². The van der Waals surface area contributed by atoms with Crippen molar-refractivity contribution in [2.45, 2.75) is 13.1 Å². The van der Waals surface area contributed by atoms with Gasteiger partial charge in [0.25, 0.3) is 5.91 Å². The number of aryl methyl sites for hydroxylation is 1. The Bertz CT molecular complexity index is 756. The molecule has 0 fully saturated rings. The third kappa shape index (κ3) is 3.86. The van der Waals surface area contributed by atoms with Gasteiger partial charge in [0.2, 0.25) is 0 Å². The fraction of sp³-hybridized carbons (Fsp3) is 0.214. The van der Waals surface area contributed by atoms with Crippen molar-refractivity contribution in [1.29, 1.82) is 0 Å². The molecule has 0 saturated carbocycles. The maximum absolute atomic E-state index is 13.1. The number of aromatic nitrogens is 1. The zero-order chi connectivity index (χ0) is 17.2. The molecule has 2 rings (SSSR count). The van der Waals surface area contributed by atoms with Crippen LogP contribution in [-0.4, -0.2) is 24.0 Å². The zero-order valence-electron chi connectivity index (χ0n) is 12.0. The number of alkyl halides is 3. The number of methoxy groups -OCH3 is 1. The highest BCUT2D eigenvalue weighted by molar-refractivity contribution is 7.09. The number of nitrogens with one attached hydrogen (secondary N) is 1. The van der Waals surface area contributed by atoms with Crippen molar-refractivity contribution < 1.29 is 27.5 Å². The number of anilines is 1. The molecule has 0 atom stereocenters. The van der Waals surface area contributed by atoms with E-state index in [0.717, 1.165) is 19.2 Å². The van der Waals surface area contributed by atoms with E-state index in [4.69, 9.17) is 0 Å². The minimum absolute atomic E-state index is 0.0256. The number of amides is 1. The average molecular weight is 344 g/mol. The summed E-state index contributed by atoms with van der Waals surface area (Å²) in [5.74, 6) is -1.66. The van der Waals surface area contributed by atoms with Gasteiger partial charge in [0.1, 0.15) is 5.69 Å². The van der Waals surface area contributed by atoms with Crippen molar-refractivity contribution >= 4 is 28.9 Å². The highest BCUT2D eigenvalue weighted by Gasteiger charge is 2.35. The minimum atomic E-state index is -4.75. The van der Waals surface area contributed by atoms with Crippen LogP contribution in [0, 0.1) is 6.92 Å². The van der Waals surface area contributed by atoms with Gasteiger partial charge in [-0.3, -0.25) is 4.79 Å². The number of esters is 1. The van der Waals surface area contributed by atoms with E-state index in [0.29, 0.717) is 11.1 Å². The molecule has 0 unspecified atom stereocenters. The number of hydrogen-bond donors (Lipinski definition) is 1. The molecule has 1 amide bonds. The average Bonchev–Trinajstić information content (AvgIpc) is 2.92. The molecule has 0 aliphatic heterocycles. The maximum Gasteiger partial charge on any atom is 0.418 e. The van der Waals surface area contributed by atoms with E-state index < -0.39 is 29.3 Å². The van der Waals surface area contributed by atoms with Crippen molar-refractivity contribution in [2.24, 2.45) is 0 Å². The summed E-state index contributed by atoms with van der Waals surface area (Å²) in [6.45, 7) is 1.67. The maximum atomic E-state index is 13.1. The van der Waals surface area contributed by atoms with Crippen LogP contribution < -0.4 is 5.32 Å². The van der Waals surface area contributed by atoms with Gasteiger partial charge < -0.3 is 10.1 Å². The van der Waals surface area contributed by atoms with Gasteiger partial charge in [0.05, 0.1) is 28.9 Å². The van der Waals surface area contributed by atoms with Crippen molar-refractivity contribution in [3.63, 3.8) is 0 Å². The number of thiazole rings is 1. The van der Waals surface area contributed by atoms with Gasteiger partial charge in [-0.2, -0.15) is 13.2 Å². The molecule has 0 aliphatic carbocycles. The molecule has 0 spiro atoms. The summed E-state index contributed by atoms with van der Waals surface area (Å²) in [6.07, 6.45) is -4.75. The molecule has 23 heavy (non-hydrogen) atoms. The van der Waals surface area contributed by atoms with Crippen LogP contribution >= 0.6 is 11.3 Å². The van der Waals surface area contributed by atoms with Crippen molar-refractivity contribution in [3.05, 3.63) is 45.4 Å². The van der Waals surface area contributed by atoms with Crippen LogP contribution in [0.25, 0.3) is 0 Å². The lowest BCUT2D eigenvalue weighted by Crippen LogP contribution is -2.18. The summed E-state index contributed by atoms with van der Waals surface area (Å²) >= 11 is 1.21. The first kappa shape index (κ1) is 16.9. The van der Waals surface area contributed by atoms with Crippen LogP contribution in [0.2, 0.25) is 0 Å². The highest BCUT2D eigenvalue weighted by Crippen LogP contribution is 2.35. The quantitative estimate of drug-likeness (QED) is 0.865. The standard InChI is InChI=1S/C14H11F3N2O3S/c1-7-18-11(6-23-7)12(20)19-10-4-3-8(13(21)22-2)5-9(10)14(15,16)17/h3-6H,1-2H3,(H,19,20). The monoisotopic (exact) mass is 344 g/mol. The molecule has 2 aromatic rings. The molecule has 5 nitrogen and oxygen atoms in total. The van der Waals surface area contributed by atoms with E-state index >= 15 is 0 Å². The summed E-state index contributed by atoms with van der Waals surface area (Å²) in [4.78, 5) is 27.2. The molecule has 9 heteroatoms. The summed E-state index contributed by atoms with van der Waals surface area (Å²) < 4.78 is 43.8. The molecule has 0 saturated heterocycles. The Morgan fingerprint density at radius 1 is 1.30 bits per heavy atom. The third-order valence-corrected chi connectivity index (χ3v) is 3.62. The summed E-state index contributed by atoms with van der Waals surface area (Å²) in [5.41, 5.74) is -1.83. The van der Waals surface area contributed by atoms with Crippen LogP contribution in [0.3, 0.4) is 0 Å². The first-order valence-corrected chi connectivity index (χ1v) is 7.13. The first-order chi connectivity index (χ1) is 10.7. The second kappa shape index (κ2) is 6.37. The second-order valence-electron chi connectivity index (χ2n) is 4.46. The number of carbonyl (C=O) groups is 2. The minimum Gasteiger partial charge on any atom is -0.465 e. The highest BCUT2D eigenvalue weighted by atomic mass is 32.1. The molecule has 0 bridgehead atoms. The van der Waals surface area contributed by atoms with Crippen molar-refractivity contribution in [2.75, 3.05) is 12.4 Å². The van der Waals surface area contributed by atoms with Crippen LogP contribution in [0.15, 0.2) is 23.6 Å². The van der Waals surface area contributed by atoms with Gasteiger partial charge in [-0.15, -0.1) is 11.3 Å². The molecule has 1 aromatic carbocycles. The van der Waals surface area contributed by atoms with Gasteiger partial charge in [0.15, 0.2) is 0 Å². The number of hydrogen-bond acceptors (Lipinski definition) is 5. The number of halogens is 3. The number of ether oxygens (including phenoxy) is 1. The fourth-order valence-electron chi connectivity index (χ4n) is 1.79. The number of rotatable bonds is 3. The number of nitrogens with zero attached hydrogens (tertiary/aromatic N) is 1. The largest absolute Gasteiger partial charge is 0.465 e. The van der Waals surface area contributed by atoms with Crippen LogP contribution in [0.1, 0.15) is 31.4 Å². The summed E-state index contributed by atoms with van der Waals surface area (Å²) in [7, 11) is 1.07. The molecule has 1 N–H and O–H groups in total. The SMILES string of the molecule is COC(=O)c1ccc(NC(=O)c2csc(C)n2)c(C(F)(F)F)c1. The second-order valence-corrected chi connectivity index (χ2v) is 5.52. The molecular weight excluding hydrogens is 333 g/mol. The Balaban J connectivity index is 2.37. The Labute approximate surface area is 133 Å². The fourth-order valence-corrected chi connectivity index (χ4v) is 2.38. The van der Waals surface area contributed by atoms with Crippen LogP contribution in [-0.2, 0) is 10.9 Å². The van der Waals surface area contributed by atoms with E-state index in [1.165, 1.54) is 16.7 Å². The van der Waals surface area contributed by atoms with E-state index in [1.807, 2.05) is 0 Å². The molecule has 0 radical (unpaired) electrons. The van der Waals surface area contributed by atoms with Crippen molar-refractivity contribution in [3.8, 4) is 0 Å². The zero-order valence-corrected chi connectivity index (χ0v) is 12.8. The summed E-state index contributed by atoms with van der Waals surface area (Å²) in [5, 5.41) is 4.23. The lowest BCUT2D eigenvalue weighted by atomic mass is 10.1. The van der Waals surface area contributed by atoms with Crippen LogP contribution in [0.5, 0.6) is 0 Å². The van der Waals surface area contributed by atoms with Gasteiger partial charge in [-0.1, -0.05) is 0 Å². The topological polar surface area (TPSA) is 68.3 Å². The molecule has 1 heterocycles. The van der Waals surface area contributed by atoms with E-state index in [2.05, 4.69) is 15.0 Å². The lowest BCUT2D eigenvalue weighted by molar-refractivity contribution is -0.136. The first-order valence-electron chi connectivity index (χ1n) is 6.25. The third-order valence-electron chi connectivity index (χ3n) is 2.85.